The monoisotopic (exact) mass is 387 g/mol. The van der Waals surface area contributed by atoms with Crippen LogP contribution in [0.4, 0.5) is 10.5 Å². The fourth-order valence-electron chi connectivity index (χ4n) is 4.86. The Morgan fingerprint density at radius 1 is 1.11 bits per heavy atom. The second-order valence-electron chi connectivity index (χ2n) is 7.86. The SMILES string of the molecule is O=C1Nc2c(Cl)cc3cc(C(=O)N4CCCC4)oc3c2C2(CCCCC2)N1. The number of hydrogen-bond donors (Lipinski definition) is 2. The molecule has 0 unspecified atom stereocenters. The van der Waals surface area contributed by atoms with Crippen molar-refractivity contribution in [2.45, 2.75) is 50.5 Å². The number of anilines is 1. The Balaban J connectivity index is 1.68. The van der Waals surface area contributed by atoms with Crippen LogP contribution in [0.5, 0.6) is 0 Å². The number of nitrogens with one attached hydrogen (secondary N) is 2. The van der Waals surface area contributed by atoms with Gasteiger partial charge in [-0.1, -0.05) is 30.9 Å². The number of hydrogen-bond acceptors (Lipinski definition) is 3. The second kappa shape index (κ2) is 6.16. The Morgan fingerprint density at radius 3 is 2.59 bits per heavy atom. The Kier molecular flexibility index (Phi) is 3.86. The first kappa shape index (κ1) is 16.9. The number of fused-ring (bicyclic) bond motifs is 4. The van der Waals surface area contributed by atoms with Crippen molar-refractivity contribution in [1.29, 1.82) is 0 Å². The van der Waals surface area contributed by atoms with Crippen molar-refractivity contribution in [3.05, 3.63) is 28.5 Å². The van der Waals surface area contributed by atoms with Gasteiger partial charge in [0.2, 0.25) is 0 Å². The van der Waals surface area contributed by atoms with Gasteiger partial charge in [0.15, 0.2) is 5.76 Å². The molecule has 1 aromatic heterocycles. The lowest BCUT2D eigenvalue weighted by Crippen LogP contribution is -2.52. The van der Waals surface area contributed by atoms with Gasteiger partial charge in [-0.2, -0.15) is 0 Å². The van der Waals surface area contributed by atoms with Crippen LogP contribution in [0.2, 0.25) is 5.02 Å². The minimum Gasteiger partial charge on any atom is -0.450 e. The number of benzene rings is 1. The van der Waals surface area contributed by atoms with E-state index in [9.17, 15) is 9.59 Å². The third kappa shape index (κ3) is 2.61. The number of carbonyl (C=O) groups excluding carboxylic acids is 2. The van der Waals surface area contributed by atoms with Crippen LogP contribution in [0.1, 0.15) is 61.1 Å². The van der Waals surface area contributed by atoms with E-state index < -0.39 is 5.54 Å². The lowest BCUT2D eigenvalue weighted by atomic mass is 9.74. The first-order valence-corrected chi connectivity index (χ1v) is 10.1. The van der Waals surface area contributed by atoms with E-state index in [0.717, 1.165) is 69.0 Å². The summed E-state index contributed by atoms with van der Waals surface area (Å²) < 4.78 is 6.12. The van der Waals surface area contributed by atoms with Crippen LogP contribution in [0.25, 0.3) is 11.0 Å². The van der Waals surface area contributed by atoms with E-state index in [2.05, 4.69) is 10.6 Å². The summed E-state index contributed by atoms with van der Waals surface area (Å²) in [4.78, 5) is 26.9. The Bertz CT molecular complexity index is 940. The maximum Gasteiger partial charge on any atom is 0.319 e. The maximum atomic E-state index is 12.8. The zero-order chi connectivity index (χ0) is 18.6. The highest BCUT2D eigenvalue weighted by atomic mass is 35.5. The second-order valence-corrected chi connectivity index (χ2v) is 8.27. The van der Waals surface area contributed by atoms with Gasteiger partial charge in [0.1, 0.15) is 5.58 Å². The molecule has 3 heterocycles. The van der Waals surface area contributed by atoms with Gasteiger partial charge in [0, 0.05) is 24.0 Å². The van der Waals surface area contributed by atoms with Gasteiger partial charge in [0.05, 0.1) is 16.2 Å². The van der Waals surface area contributed by atoms with Crippen LogP contribution in [0.3, 0.4) is 0 Å². The van der Waals surface area contributed by atoms with Crippen molar-refractivity contribution in [1.82, 2.24) is 10.2 Å². The molecular formula is C20H22ClN3O3. The lowest BCUT2D eigenvalue weighted by Gasteiger charge is -2.42. The Morgan fingerprint density at radius 2 is 1.85 bits per heavy atom. The van der Waals surface area contributed by atoms with Crippen molar-refractivity contribution in [2.24, 2.45) is 0 Å². The molecule has 0 radical (unpaired) electrons. The summed E-state index contributed by atoms with van der Waals surface area (Å²) in [5.41, 5.74) is 1.69. The van der Waals surface area contributed by atoms with E-state index in [-0.39, 0.29) is 11.9 Å². The Labute approximate surface area is 162 Å². The fraction of sp³-hybridized carbons (Fsp3) is 0.500. The van der Waals surface area contributed by atoms with Crippen molar-refractivity contribution in [2.75, 3.05) is 18.4 Å². The average Bonchev–Trinajstić information content (AvgIpc) is 3.31. The largest absolute Gasteiger partial charge is 0.450 e. The molecule has 142 valence electrons. The van der Waals surface area contributed by atoms with Crippen LogP contribution in [0.15, 0.2) is 16.5 Å². The van der Waals surface area contributed by atoms with Crippen LogP contribution in [-0.4, -0.2) is 29.9 Å². The molecule has 3 amide bonds. The van der Waals surface area contributed by atoms with Crippen LogP contribution >= 0.6 is 11.6 Å². The average molecular weight is 388 g/mol. The number of carbonyl (C=O) groups is 2. The van der Waals surface area contributed by atoms with Gasteiger partial charge in [-0.3, -0.25) is 4.79 Å². The zero-order valence-corrected chi connectivity index (χ0v) is 15.8. The molecule has 2 N–H and O–H groups in total. The van der Waals surface area contributed by atoms with E-state index in [4.69, 9.17) is 16.0 Å². The topological polar surface area (TPSA) is 74.6 Å². The van der Waals surface area contributed by atoms with Crippen LogP contribution < -0.4 is 10.6 Å². The van der Waals surface area contributed by atoms with Crippen molar-refractivity contribution >= 4 is 40.2 Å². The molecule has 1 aliphatic carbocycles. The minimum absolute atomic E-state index is 0.0703. The highest BCUT2D eigenvalue weighted by Crippen LogP contribution is 2.49. The van der Waals surface area contributed by atoms with Gasteiger partial charge in [-0.05, 0) is 37.8 Å². The van der Waals surface area contributed by atoms with E-state index in [0.29, 0.717) is 22.1 Å². The van der Waals surface area contributed by atoms with Gasteiger partial charge >= 0.3 is 6.03 Å². The minimum atomic E-state index is -0.481. The first-order valence-electron chi connectivity index (χ1n) is 9.72. The number of rotatable bonds is 1. The molecule has 27 heavy (non-hydrogen) atoms. The molecule has 2 aliphatic heterocycles. The van der Waals surface area contributed by atoms with Crippen molar-refractivity contribution in [3.8, 4) is 0 Å². The number of amides is 3. The molecule has 0 atom stereocenters. The summed E-state index contributed by atoms with van der Waals surface area (Å²) in [5, 5.41) is 7.28. The predicted octanol–water partition coefficient (Wildman–Crippen LogP) is 4.62. The van der Waals surface area contributed by atoms with Crippen molar-refractivity contribution in [3.63, 3.8) is 0 Å². The van der Waals surface area contributed by atoms with Crippen molar-refractivity contribution < 1.29 is 14.0 Å². The number of halogens is 1. The molecule has 0 bridgehead atoms. The molecular weight excluding hydrogens is 366 g/mol. The third-order valence-corrected chi connectivity index (χ3v) is 6.44. The number of urea groups is 1. The Hall–Kier alpha value is -2.21. The van der Waals surface area contributed by atoms with Gasteiger partial charge in [0.25, 0.3) is 5.91 Å². The van der Waals surface area contributed by atoms with Gasteiger partial charge < -0.3 is 20.0 Å². The fourth-order valence-corrected chi connectivity index (χ4v) is 5.12. The summed E-state index contributed by atoms with van der Waals surface area (Å²) in [5.74, 6) is 0.276. The molecule has 6 nitrogen and oxygen atoms in total. The molecule has 7 heteroatoms. The highest BCUT2D eigenvalue weighted by Gasteiger charge is 2.44. The molecule has 2 aromatic rings. The predicted molar refractivity (Wildman–Crippen MR) is 103 cm³/mol. The smallest absolute Gasteiger partial charge is 0.319 e. The van der Waals surface area contributed by atoms with Gasteiger partial charge in [-0.15, -0.1) is 0 Å². The highest BCUT2D eigenvalue weighted by molar-refractivity contribution is 6.35. The van der Waals surface area contributed by atoms with Crippen LogP contribution in [-0.2, 0) is 5.54 Å². The molecule has 5 rings (SSSR count). The molecule has 1 aromatic carbocycles. The molecule has 3 aliphatic rings. The quantitative estimate of drug-likeness (QED) is 0.749. The maximum absolute atomic E-state index is 12.8. The van der Waals surface area contributed by atoms with E-state index in [1.165, 1.54) is 0 Å². The number of furan rings is 1. The van der Waals surface area contributed by atoms with E-state index >= 15 is 0 Å². The lowest BCUT2D eigenvalue weighted by molar-refractivity contribution is 0.0763. The summed E-state index contributed by atoms with van der Waals surface area (Å²) in [7, 11) is 0. The molecule has 1 spiro atoms. The summed E-state index contributed by atoms with van der Waals surface area (Å²) in [6, 6.07) is 3.34. The standard InChI is InChI=1S/C20H22ClN3O3/c21-13-10-12-11-14(18(25)24-8-4-5-9-24)27-17(12)15-16(13)22-19(26)23-20(15)6-2-1-3-7-20/h10-11H,1-9H2,(H2,22,23,26). The molecule has 1 saturated carbocycles. The molecule has 2 fully saturated rings. The van der Waals surface area contributed by atoms with E-state index in [1.807, 2.05) is 4.90 Å². The number of likely N-dealkylation sites (tertiary alicyclic amines) is 1. The first-order chi connectivity index (χ1) is 13.1. The summed E-state index contributed by atoms with van der Waals surface area (Å²) >= 11 is 6.53. The number of nitrogens with zero attached hydrogens (tertiary/aromatic N) is 1. The molecule has 1 saturated heterocycles. The third-order valence-electron chi connectivity index (χ3n) is 6.14. The van der Waals surface area contributed by atoms with Gasteiger partial charge in [-0.25, -0.2) is 4.79 Å². The normalized spacial score (nSPS) is 21.2. The summed E-state index contributed by atoms with van der Waals surface area (Å²) in [6.45, 7) is 1.55. The summed E-state index contributed by atoms with van der Waals surface area (Å²) in [6.07, 6.45) is 6.99. The van der Waals surface area contributed by atoms with E-state index in [1.54, 1.807) is 12.1 Å². The zero-order valence-electron chi connectivity index (χ0n) is 15.1. The van der Waals surface area contributed by atoms with Crippen LogP contribution in [0, 0.1) is 0 Å².